The van der Waals surface area contributed by atoms with Gasteiger partial charge in [-0.2, -0.15) is 0 Å². The molecule has 0 aliphatic carbocycles. The van der Waals surface area contributed by atoms with Gasteiger partial charge in [0, 0.05) is 10.9 Å². The molecule has 0 radical (unpaired) electrons. The van der Waals surface area contributed by atoms with Gasteiger partial charge in [0.25, 0.3) is 0 Å². The van der Waals surface area contributed by atoms with Crippen molar-refractivity contribution < 1.29 is 4.42 Å². The fourth-order valence-electron chi connectivity index (χ4n) is 6.91. The van der Waals surface area contributed by atoms with Gasteiger partial charge in [-0.3, -0.25) is 0 Å². The average molecular weight is 547 g/mol. The summed E-state index contributed by atoms with van der Waals surface area (Å²) in [4.78, 5) is 0. The van der Waals surface area contributed by atoms with Crippen LogP contribution in [0, 0.1) is 0 Å². The Bertz CT molecular complexity index is 2430. The normalized spacial score (nSPS) is 11.7. The van der Waals surface area contributed by atoms with Gasteiger partial charge in [0.1, 0.15) is 11.3 Å². The molecule has 1 heterocycles. The van der Waals surface area contributed by atoms with Gasteiger partial charge in [-0.25, -0.2) is 0 Å². The van der Waals surface area contributed by atoms with E-state index in [-0.39, 0.29) is 0 Å². The molecular formula is C42H26O. The summed E-state index contributed by atoms with van der Waals surface area (Å²) in [5, 5.41) is 10.9. The second kappa shape index (κ2) is 9.44. The molecule has 0 spiro atoms. The molecule has 8 aromatic carbocycles. The number of hydrogen-bond acceptors (Lipinski definition) is 1. The topological polar surface area (TPSA) is 13.1 Å². The minimum absolute atomic E-state index is 0.900. The quantitative estimate of drug-likeness (QED) is 0.201. The van der Waals surface area contributed by atoms with Crippen molar-refractivity contribution in [2.45, 2.75) is 0 Å². The summed E-state index contributed by atoms with van der Waals surface area (Å²) < 4.78 is 6.62. The fraction of sp³-hybridized carbons (Fsp3) is 0. The highest BCUT2D eigenvalue weighted by Crippen LogP contribution is 2.45. The Morgan fingerprint density at radius 3 is 1.51 bits per heavy atom. The van der Waals surface area contributed by atoms with E-state index >= 15 is 0 Å². The lowest BCUT2D eigenvalue weighted by Gasteiger charge is -2.16. The molecule has 0 bridgehead atoms. The number of furan rings is 1. The first-order valence-corrected chi connectivity index (χ1v) is 14.8. The van der Waals surface area contributed by atoms with E-state index in [4.69, 9.17) is 4.42 Å². The predicted molar refractivity (Wildman–Crippen MR) is 183 cm³/mol. The molecular weight excluding hydrogens is 520 g/mol. The van der Waals surface area contributed by atoms with Gasteiger partial charge in [-0.05, 0) is 77.5 Å². The Balaban J connectivity index is 1.27. The van der Waals surface area contributed by atoms with Gasteiger partial charge in [-0.1, -0.05) is 146 Å². The van der Waals surface area contributed by atoms with Crippen molar-refractivity contribution >= 4 is 54.1 Å². The number of benzene rings is 8. The molecule has 1 heteroatoms. The van der Waals surface area contributed by atoms with Crippen LogP contribution in [0.2, 0.25) is 0 Å². The van der Waals surface area contributed by atoms with Crippen LogP contribution in [0.4, 0.5) is 0 Å². The highest BCUT2D eigenvalue weighted by atomic mass is 16.3. The van der Waals surface area contributed by atoms with Crippen molar-refractivity contribution in [2.24, 2.45) is 0 Å². The smallest absolute Gasteiger partial charge is 0.136 e. The maximum absolute atomic E-state index is 6.62. The molecule has 0 N–H and O–H groups in total. The second-order valence-electron chi connectivity index (χ2n) is 11.3. The molecule has 0 fully saturated rings. The zero-order valence-corrected chi connectivity index (χ0v) is 23.4. The molecule has 0 amide bonds. The second-order valence-corrected chi connectivity index (χ2v) is 11.3. The minimum Gasteiger partial charge on any atom is -0.456 e. The van der Waals surface area contributed by atoms with Crippen LogP contribution >= 0.6 is 0 Å². The lowest BCUT2D eigenvalue weighted by atomic mass is 9.87. The molecule has 0 unspecified atom stereocenters. The SMILES string of the molecule is c1ccc2c(-c3ccc(-c4c5ccccc5c(-c5cc6c(ccc7ccccc76)o5)c5ccccc45)cc3)cccc2c1. The first kappa shape index (κ1) is 24.0. The summed E-state index contributed by atoms with van der Waals surface area (Å²) in [6, 6.07) is 56.7. The van der Waals surface area contributed by atoms with E-state index in [0.717, 1.165) is 22.3 Å². The van der Waals surface area contributed by atoms with E-state index in [1.807, 2.05) is 0 Å². The van der Waals surface area contributed by atoms with Crippen LogP contribution in [-0.4, -0.2) is 0 Å². The maximum Gasteiger partial charge on any atom is 0.136 e. The highest BCUT2D eigenvalue weighted by Gasteiger charge is 2.19. The zero-order valence-electron chi connectivity index (χ0n) is 23.4. The van der Waals surface area contributed by atoms with E-state index in [1.165, 1.54) is 65.3 Å². The Hall–Kier alpha value is -5.66. The number of hydrogen-bond donors (Lipinski definition) is 0. The van der Waals surface area contributed by atoms with Crippen molar-refractivity contribution in [1.82, 2.24) is 0 Å². The molecule has 0 aliphatic rings. The highest BCUT2D eigenvalue weighted by molar-refractivity contribution is 6.21. The fourth-order valence-corrected chi connectivity index (χ4v) is 6.91. The van der Waals surface area contributed by atoms with Crippen molar-refractivity contribution in [2.75, 3.05) is 0 Å². The van der Waals surface area contributed by atoms with Crippen molar-refractivity contribution in [1.29, 1.82) is 0 Å². The Labute approximate surface area is 249 Å². The number of rotatable bonds is 3. The van der Waals surface area contributed by atoms with Crippen LogP contribution in [0.25, 0.3) is 87.6 Å². The van der Waals surface area contributed by atoms with Gasteiger partial charge in [-0.15, -0.1) is 0 Å². The van der Waals surface area contributed by atoms with E-state index in [2.05, 4.69) is 158 Å². The molecule has 0 atom stereocenters. The van der Waals surface area contributed by atoms with Crippen molar-refractivity contribution in [3.63, 3.8) is 0 Å². The average Bonchev–Trinajstić information content (AvgIpc) is 3.51. The number of fused-ring (bicyclic) bond motifs is 6. The van der Waals surface area contributed by atoms with E-state index in [1.54, 1.807) is 0 Å². The molecule has 1 nitrogen and oxygen atoms in total. The molecule has 43 heavy (non-hydrogen) atoms. The molecule has 0 saturated carbocycles. The van der Waals surface area contributed by atoms with Crippen LogP contribution in [0.15, 0.2) is 162 Å². The van der Waals surface area contributed by atoms with Gasteiger partial charge in [0.2, 0.25) is 0 Å². The molecule has 9 aromatic rings. The van der Waals surface area contributed by atoms with Gasteiger partial charge in [0.05, 0.1) is 0 Å². The van der Waals surface area contributed by atoms with Gasteiger partial charge >= 0.3 is 0 Å². The van der Waals surface area contributed by atoms with Gasteiger partial charge in [0.15, 0.2) is 0 Å². The summed E-state index contributed by atoms with van der Waals surface area (Å²) in [5.41, 5.74) is 6.99. The van der Waals surface area contributed by atoms with Crippen LogP contribution in [0.3, 0.4) is 0 Å². The summed E-state index contributed by atoms with van der Waals surface area (Å²) in [6.45, 7) is 0. The molecule has 9 rings (SSSR count). The zero-order chi connectivity index (χ0) is 28.3. The Kier molecular flexibility index (Phi) is 5.27. The van der Waals surface area contributed by atoms with Crippen LogP contribution in [0.1, 0.15) is 0 Å². The maximum atomic E-state index is 6.62. The first-order valence-electron chi connectivity index (χ1n) is 14.8. The third-order valence-electron chi connectivity index (χ3n) is 8.88. The van der Waals surface area contributed by atoms with E-state index in [0.29, 0.717) is 0 Å². The molecule has 1 aromatic heterocycles. The monoisotopic (exact) mass is 546 g/mol. The molecule has 0 saturated heterocycles. The summed E-state index contributed by atoms with van der Waals surface area (Å²) >= 11 is 0. The van der Waals surface area contributed by atoms with Crippen LogP contribution < -0.4 is 0 Å². The summed E-state index contributed by atoms with van der Waals surface area (Å²) in [7, 11) is 0. The lowest BCUT2D eigenvalue weighted by molar-refractivity contribution is 0.633. The Morgan fingerprint density at radius 2 is 0.837 bits per heavy atom. The largest absolute Gasteiger partial charge is 0.456 e. The van der Waals surface area contributed by atoms with Crippen molar-refractivity contribution in [3.05, 3.63) is 158 Å². The van der Waals surface area contributed by atoms with E-state index < -0.39 is 0 Å². The summed E-state index contributed by atoms with van der Waals surface area (Å²) in [6.07, 6.45) is 0. The third kappa shape index (κ3) is 3.72. The predicted octanol–water partition coefficient (Wildman–Crippen LogP) is 12.0. The third-order valence-corrected chi connectivity index (χ3v) is 8.88. The van der Waals surface area contributed by atoms with Crippen LogP contribution in [0.5, 0.6) is 0 Å². The molecule has 200 valence electrons. The minimum atomic E-state index is 0.900. The summed E-state index contributed by atoms with van der Waals surface area (Å²) in [5.74, 6) is 0.900. The van der Waals surface area contributed by atoms with E-state index in [9.17, 15) is 0 Å². The van der Waals surface area contributed by atoms with Crippen molar-refractivity contribution in [3.8, 4) is 33.6 Å². The van der Waals surface area contributed by atoms with Crippen LogP contribution in [-0.2, 0) is 0 Å². The Morgan fingerprint density at radius 1 is 0.326 bits per heavy atom. The molecule has 0 aliphatic heterocycles. The lowest BCUT2D eigenvalue weighted by Crippen LogP contribution is -1.90. The van der Waals surface area contributed by atoms with Gasteiger partial charge < -0.3 is 4.42 Å². The standard InChI is InChI=1S/C42H26O/c1-3-13-31-27(10-1)12-9-19-32(31)29-20-22-30(23-21-29)41-34-15-5-7-17-36(34)42(37-18-8-6-16-35(37)41)40-26-38-33-14-4-2-11-28(33)24-25-39(38)43-40/h1-26H. The first-order chi connectivity index (χ1) is 21.3.